The first-order valence-corrected chi connectivity index (χ1v) is 10.3. The van der Waals surface area contributed by atoms with Gasteiger partial charge in [0.25, 0.3) is 5.91 Å². The zero-order valence-electron chi connectivity index (χ0n) is 17.0. The second-order valence-corrected chi connectivity index (χ2v) is 8.17. The summed E-state index contributed by atoms with van der Waals surface area (Å²) >= 11 is 1.36. The summed E-state index contributed by atoms with van der Waals surface area (Å²) in [4.78, 5) is 34.0. The average molecular weight is 423 g/mol. The van der Waals surface area contributed by atoms with Gasteiger partial charge in [-0.25, -0.2) is 9.78 Å². The maximum atomic E-state index is 12.8. The van der Waals surface area contributed by atoms with E-state index in [0.29, 0.717) is 35.4 Å². The van der Waals surface area contributed by atoms with Crippen molar-refractivity contribution in [2.75, 3.05) is 24.4 Å². The van der Waals surface area contributed by atoms with Crippen LogP contribution < -0.4 is 15.0 Å². The molecule has 0 spiro atoms. The molecule has 2 aromatic carbocycles. The topological polar surface area (TPSA) is 74.8 Å². The molecule has 3 aromatic rings. The highest BCUT2D eigenvalue weighted by Gasteiger charge is 2.33. The SMILES string of the molecule is COc1ccc(C)cc1NC(=O)N(C)c1nc2c(s1)CN(Cc1ccccc1)C2=O. The zero-order valence-corrected chi connectivity index (χ0v) is 17.8. The standard InChI is InChI=1S/C22H22N4O3S/c1-14-9-10-17(29-3)16(11-14)23-21(28)25(2)22-24-19-18(30-22)13-26(20(19)27)12-15-7-5-4-6-8-15/h4-11H,12-13H2,1-3H3,(H,23,28). The molecular formula is C22H22N4O3S. The van der Waals surface area contributed by atoms with E-state index in [1.54, 1.807) is 19.1 Å². The Labute approximate surface area is 178 Å². The lowest BCUT2D eigenvalue weighted by molar-refractivity contribution is 0.0762. The van der Waals surface area contributed by atoms with Gasteiger partial charge in [-0.2, -0.15) is 0 Å². The Morgan fingerprint density at radius 3 is 2.73 bits per heavy atom. The molecule has 7 nitrogen and oxygen atoms in total. The molecule has 0 bridgehead atoms. The van der Waals surface area contributed by atoms with Gasteiger partial charge >= 0.3 is 6.03 Å². The van der Waals surface area contributed by atoms with E-state index < -0.39 is 0 Å². The normalized spacial score (nSPS) is 12.6. The molecule has 3 amide bonds. The molecular weight excluding hydrogens is 400 g/mol. The van der Waals surface area contributed by atoms with Gasteiger partial charge in [-0.1, -0.05) is 47.7 Å². The minimum absolute atomic E-state index is 0.106. The van der Waals surface area contributed by atoms with Crippen molar-refractivity contribution < 1.29 is 14.3 Å². The number of thiazole rings is 1. The summed E-state index contributed by atoms with van der Waals surface area (Å²) in [6.45, 7) is 2.99. The van der Waals surface area contributed by atoms with E-state index >= 15 is 0 Å². The van der Waals surface area contributed by atoms with Crippen molar-refractivity contribution in [2.24, 2.45) is 0 Å². The predicted octanol–water partition coefficient (Wildman–Crippen LogP) is 4.28. The molecule has 30 heavy (non-hydrogen) atoms. The summed E-state index contributed by atoms with van der Waals surface area (Å²) in [5.74, 6) is 0.473. The Bertz CT molecular complexity index is 1100. The summed E-state index contributed by atoms with van der Waals surface area (Å²) in [6, 6.07) is 15.1. The van der Waals surface area contributed by atoms with Crippen LogP contribution in [0.1, 0.15) is 26.5 Å². The number of nitrogens with one attached hydrogen (secondary N) is 1. The number of carbonyl (C=O) groups excluding carboxylic acids is 2. The fourth-order valence-corrected chi connectivity index (χ4v) is 4.32. The number of nitrogens with zero attached hydrogens (tertiary/aromatic N) is 3. The third-order valence-electron chi connectivity index (χ3n) is 4.91. The van der Waals surface area contributed by atoms with Crippen molar-refractivity contribution in [3.05, 3.63) is 70.2 Å². The molecule has 0 unspecified atom stereocenters. The van der Waals surface area contributed by atoms with Crippen LogP contribution in [0, 0.1) is 6.92 Å². The minimum atomic E-state index is -0.347. The van der Waals surface area contributed by atoms with Crippen molar-refractivity contribution in [3.63, 3.8) is 0 Å². The quantitative estimate of drug-likeness (QED) is 0.666. The van der Waals surface area contributed by atoms with Gasteiger partial charge in [-0.3, -0.25) is 9.69 Å². The van der Waals surface area contributed by atoms with Gasteiger partial charge in [-0.05, 0) is 30.2 Å². The third kappa shape index (κ3) is 3.86. The number of hydrogen-bond acceptors (Lipinski definition) is 5. The summed E-state index contributed by atoms with van der Waals surface area (Å²) in [7, 11) is 3.19. The van der Waals surface area contributed by atoms with Crippen LogP contribution in [0.25, 0.3) is 0 Å². The molecule has 0 aliphatic carbocycles. The number of amides is 3. The number of aromatic nitrogens is 1. The van der Waals surface area contributed by atoms with Crippen LogP contribution in [0.2, 0.25) is 0 Å². The largest absolute Gasteiger partial charge is 0.495 e. The van der Waals surface area contributed by atoms with Gasteiger partial charge in [0.1, 0.15) is 11.4 Å². The fraction of sp³-hybridized carbons (Fsp3) is 0.227. The molecule has 4 rings (SSSR count). The van der Waals surface area contributed by atoms with E-state index in [1.165, 1.54) is 16.2 Å². The molecule has 154 valence electrons. The summed E-state index contributed by atoms with van der Waals surface area (Å²) < 4.78 is 5.31. The maximum Gasteiger partial charge on any atom is 0.327 e. The number of aryl methyl sites for hydroxylation is 1. The van der Waals surface area contributed by atoms with E-state index in [-0.39, 0.29) is 11.9 Å². The lowest BCUT2D eigenvalue weighted by Crippen LogP contribution is -2.31. The number of urea groups is 1. The molecule has 0 radical (unpaired) electrons. The highest BCUT2D eigenvalue weighted by molar-refractivity contribution is 7.16. The molecule has 0 saturated carbocycles. The van der Waals surface area contributed by atoms with E-state index in [2.05, 4.69) is 10.3 Å². The van der Waals surface area contributed by atoms with Crippen LogP contribution in [0.15, 0.2) is 48.5 Å². The molecule has 0 fully saturated rings. The molecule has 1 aliphatic rings. The number of carbonyl (C=O) groups is 2. The number of benzene rings is 2. The van der Waals surface area contributed by atoms with Gasteiger partial charge in [0.15, 0.2) is 5.13 Å². The van der Waals surface area contributed by atoms with Crippen LogP contribution in [0.3, 0.4) is 0 Å². The molecule has 0 saturated heterocycles. The van der Waals surface area contributed by atoms with Crippen LogP contribution >= 0.6 is 11.3 Å². The molecule has 0 atom stereocenters. The minimum Gasteiger partial charge on any atom is -0.495 e. The van der Waals surface area contributed by atoms with Gasteiger partial charge in [-0.15, -0.1) is 0 Å². The molecule has 1 aliphatic heterocycles. The van der Waals surface area contributed by atoms with Crippen molar-refractivity contribution in [2.45, 2.75) is 20.0 Å². The second kappa shape index (κ2) is 8.16. The zero-order chi connectivity index (χ0) is 21.3. The highest BCUT2D eigenvalue weighted by Crippen LogP contribution is 2.34. The number of rotatable bonds is 5. The lowest BCUT2D eigenvalue weighted by Gasteiger charge is -2.18. The number of fused-ring (bicyclic) bond motifs is 1. The first kappa shape index (κ1) is 19.9. The van der Waals surface area contributed by atoms with Crippen molar-refractivity contribution in [1.82, 2.24) is 9.88 Å². The van der Waals surface area contributed by atoms with Gasteiger partial charge in [0.05, 0.1) is 24.2 Å². The summed E-state index contributed by atoms with van der Waals surface area (Å²) in [5, 5.41) is 3.33. The van der Waals surface area contributed by atoms with Crippen LogP contribution in [0.5, 0.6) is 5.75 Å². The Balaban J connectivity index is 1.46. The Morgan fingerprint density at radius 1 is 1.27 bits per heavy atom. The highest BCUT2D eigenvalue weighted by atomic mass is 32.1. The summed E-state index contributed by atoms with van der Waals surface area (Å²) in [6.07, 6.45) is 0. The Morgan fingerprint density at radius 2 is 2.03 bits per heavy atom. The number of hydrogen-bond donors (Lipinski definition) is 1. The average Bonchev–Trinajstić information content (AvgIpc) is 3.28. The second-order valence-electron chi connectivity index (χ2n) is 7.11. The first-order valence-electron chi connectivity index (χ1n) is 9.48. The van der Waals surface area contributed by atoms with Crippen LogP contribution in [0.4, 0.5) is 15.6 Å². The molecule has 8 heteroatoms. The van der Waals surface area contributed by atoms with Crippen molar-refractivity contribution in [1.29, 1.82) is 0 Å². The molecule has 1 aromatic heterocycles. The number of methoxy groups -OCH3 is 1. The van der Waals surface area contributed by atoms with Crippen molar-refractivity contribution >= 4 is 34.1 Å². The maximum absolute atomic E-state index is 12.8. The van der Waals surface area contributed by atoms with Crippen molar-refractivity contribution in [3.8, 4) is 5.75 Å². The van der Waals surface area contributed by atoms with Gasteiger partial charge in [0, 0.05) is 13.6 Å². The predicted molar refractivity (Wildman–Crippen MR) is 117 cm³/mol. The van der Waals surface area contributed by atoms with Gasteiger partial charge in [0.2, 0.25) is 0 Å². The molecule has 1 N–H and O–H groups in total. The monoisotopic (exact) mass is 422 g/mol. The molecule has 2 heterocycles. The number of ether oxygens (including phenoxy) is 1. The van der Waals surface area contributed by atoms with E-state index in [9.17, 15) is 9.59 Å². The van der Waals surface area contributed by atoms with E-state index in [4.69, 9.17) is 4.74 Å². The Hall–Kier alpha value is -3.39. The number of anilines is 2. The van der Waals surface area contributed by atoms with Crippen LogP contribution in [-0.4, -0.2) is 36.0 Å². The Kier molecular flexibility index (Phi) is 5.41. The summed E-state index contributed by atoms with van der Waals surface area (Å²) in [5.41, 5.74) is 3.10. The first-order chi connectivity index (χ1) is 14.5. The smallest absolute Gasteiger partial charge is 0.327 e. The van der Waals surface area contributed by atoms with Crippen LogP contribution in [-0.2, 0) is 13.1 Å². The third-order valence-corrected chi connectivity index (χ3v) is 6.03. The fourth-order valence-electron chi connectivity index (χ4n) is 3.29. The van der Waals surface area contributed by atoms with Gasteiger partial charge < -0.3 is 15.0 Å². The van der Waals surface area contributed by atoms with E-state index in [1.807, 2.05) is 55.5 Å². The van der Waals surface area contributed by atoms with E-state index in [0.717, 1.165) is 16.0 Å². The lowest BCUT2D eigenvalue weighted by atomic mass is 10.2.